The monoisotopic (exact) mass is 289 g/mol. The second kappa shape index (κ2) is 6.74. The molecule has 0 aliphatic rings. The lowest BCUT2D eigenvalue weighted by Gasteiger charge is -2.16. The van der Waals surface area contributed by atoms with Gasteiger partial charge in [-0.15, -0.1) is 0 Å². The number of halogens is 3. The van der Waals surface area contributed by atoms with E-state index in [2.05, 4.69) is 0 Å². The Morgan fingerprint density at radius 3 is 2.50 bits per heavy atom. The number of rotatable bonds is 6. The third-order valence-electron chi connectivity index (χ3n) is 3.36. The minimum absolute atomic E-state index is 0.0324. The van der Waals surface area contributed by atoms with Crippen LogP contribution in [0.3, 0.4) is 0 Å². The van der Waals surface area contributed by atoms with Crippen LogP contribution in [-0.4, -0.2) is 17.6 Å². The highest BCUT2D eigenvalue weighted by atomic mass is 19.4. The van der Waals surface area contributed by atoms with E-state index < -0.39 is 23.6 Å². The van der Waals surface area contributed by atoms with Crippen molar-refractivity contribution in [3.63, 3.8) is 0 Å². The van der Waals surface area contributed by atoms with Gasteiger partial charge < -0.3 is 10.8 Å². The molecule has 0 aromatic heterocycles. The molecule has 0 aliphatic heterocycles. The number of carbonyl (C=O) groups is 1. The molecule has 1 aromatic carbocycles. The average molecular weight is 289 g/mol. The molecule has 1 aromatic rings. The molecule has 20 heavy (non-hydrogen) atoms. The van der Waals surface area contributed by atoms with Gasteiger partial charge in [-0.05, 0) is 30.4 Å². The molecule has 0 radical (unpaired) electrons. The van der Waals surface area contributed by atoms with E-state index in [4.69, 9.17) is 10.8 Å². The summed E-state index contributed by atoms with van der Waals surface area (Å²) in [6.45, 7) is 1.82. The van der Waals surface area contributed by atoms with Gasteiger partial charge in [-0.2, -0.15) is 13.2 Å². The van der Waals surface area contributed by atoms with Crippen molar-refractivity contribution in [3.8, 4) is 0 Å². The molecular weight excluding hydrogens is 271 g/mol. The SMILES string of the molecule is CC(CCC(CN)C(=O)O)c1cccc(C(F)(F)F)c1. The molecule has 3 N–H and O–H groups in total. The van der Waals surface area contributed by atoms with Crippen LogP contribution in [0.2, 0.25) is 0 Å². The molecule has 1 rings (SSSR count). The van der Waals surface area contributed by atoms with Crippen LogP contribution in [0, 0.1) is 5.92 Å². The van der Waals surface area contributed by atoms with Crippen molar-refractivity contribution in [1.82, 2.24) is 0 Å². The summed E-state index contributed by atoms with van der Waals surface area (Å²) in [5.74, 6) is -1.77. The Balaban J connectivity index is 2.73. The molecule has 2 atom stereocenters. The van der Waals surface area contributed by atoms with Gasteiger partial charge in [0.1, 0.15) is 0 Å². The summed E-state index contributed by atoms with van der Waals surface area (Å²) in [7, 11) is 0. The predicted octanol–water partition coefficient (Wildman–Crippen LogP) is 3.25. The molecule has 0 heterocycles. The second-order valence-electron chi connectivity index (χ2n) is 4.87. The van der Waals surface area contributed by atoms with Crippen LogP contribution in [0.4, 0.5) is 13.2 Å². The number of benzene rings is 1. The summed E-state index contributed by atoms with van der Waals surface area (Å²) in [6.07, 6.45) is -3.53. The van der Waals surface area contributed by atoms with Crippen molar-refractivity contribution >= 4 is 5.97 Å². The normalized spacial score (nSPS) is 14.8. The number of alkyl halides is 3. The lowest BCUT2D eigenvalue weighted by molar-refractivity contribution is -0.141. The van der Waals surface area contributed by atoms with Gasteiger partial charge in [0.05, 0.1) is 11.5 Å². The molecule has 0 amide bonds. The Kier molecular flexibility index (Phi) is 5.56. The van der Waals surface area contributed by atoms with E-state index in [1.165, 1.54) is 6.07 Å². The van der Waals surface area contributed by atoms with Crippen LogP contribution in [0.15, 0.2) is 24.3 Å². The highest BCUT2D eigenvalue weighted by molar-refractivity contribution is 5.70. The molecule has 0 saturated heterocycles. The summed E-state index contributed by atoms with van der Waals surface area (Å²) in [4.78, 5) is 10.8. The first kappa shape index (κ1) is 16.5. The lowest BCUT2D eigenvalue weighted by atomic mass is 9.91. The summed E-state index contributed by atoms with van der Waals surface area (Å²) in [5.41, 5.74) is 5.22. The van der Waals surface area contributed by atoms with Crippen molar-refractivity contribution < 1.29 is 23.1 Å². The molecule has 0 aliphatic carbocycles. The molecular formula is C14H18F3NO2. The minimum Gasteiger partial charge on any atom is -0.481 e. The van der Waals surface area contributed by atoms with Crippen LogP contribution in [0.25, 0.3) is 0 Å². The summed E-state index contributed by atoms with van der Waals surface area (Å²) < 4.78 is 37.8. The van der Waals surface area contributed by atoms with Crippen molar-refractivity contribution in [2.24, 2.45) is 11.7 Å². The first-order valence-corrected chi connectivity index (χ1v) is 6.35. The number of aliphatic carboxylic acids is 1. The fourth-order valence-electron chi connectivity index (χ4n) is 1.98. The predicted molar refractivity (Wildman–Crippen MR) is 69.3 cm³/mol. The van der Waals surface area contributed by atoms with Crippen LogP contribution in [-0.2, 0) is 11.0 Å². The second-order valence-corrected chi connectivity index (χ2v) is 4.87. The molecule has 2 unspecified atom stereocenters. The van der Waals surface area contributed by atoms with Crippen molar-refractivity contribution in [1.29, 1.82) is 0 Å². The average Bonchev–Trinajstić information content (AvgIpc) is 2.38. The fraction of sp³-hybridized carbons (Fsp3) is 0.500. The van der Waals surface area contributed by atoms with E-state index in [1.54, 1.807) is 13.0 Å². The van der Waals surface area contributed by atoms with Gasteiger partial charge in [0.2, 0.25) is 0 Å². The van der Waals surface area contributed by atoms with E-state index in [0.29, 0.717) is 18.4 Å². The first-order valence-electron chi connectivity index (χ1n) is 6.35. The Bertz CT molecular complexity index is 460. The lowest BCUT2D eigenvalue weighted by Crippen LogP contribution is -2.23. The Hall–Kier alpha value is -1.56. The topological polar surface area (TPSA) is 63.3 Å². The standard InChI is InChI=1S/C14H18F3NO2/c1-9(5-6-11(8-18)13(19)20)10-3-2-4-12(7-10)14(15,16)17/h2-4,7,9,11H,5-6,8,18H2,1H3,(H,19,20). The van der Waals surface area contributed by atoms with E-state index >= 15 is 0 Å². The van der Waals surface area contributed by atoms with Gasteiger partial charge in [0.15, 0.2) is 0 Å². The minimum atomic E-state index is -4.36. The molecule has 3 nitrogen and oxygen atoms in total. The maximum absolute atomic E-state index is 12.6. The zero-order valence-corrected chi connectivity index (χ0v) is 11.2. The van der Waals surface area contributed by atoms with Gasteiger partial charge in [-0.1, -0.05) is 25.1 Å². The van der Waals surface area contributed by atoms with E-state index in [-0.39, 0.29) is 12.5 Å². The number of hydrogen-bond acceptors (Lipinski definition) is 2. The third-order valence-corrected chi connectivity index (χ3v) is 3.36. The number of hydrogen-bond donors (Lipinski definition) is 2. The Morgan fingerprint density at radius 2 is 2.00 bits per heavy atom. The van der Waals surface area contributed by atoms with Crippen molar-refractivity contribution in [2.75, 3.05) is 6.54 Å². The summed E-state index contributed by atoms with van der Waals surface area (Å²) in [5, 5.41) is 8.88. The quantitative estimate of drug-likeness (QED) is 0.845. The zero-order valence-electron chi connectivity index (χ0n) is 11.2. The highest BCUT2D eigenvalue weighted by Gasteiger charge is 2.30. The Morgan fingerprint density at radius 1 is 1.35 bits per heavy atom. The van der Waals surface area contributed by atoms with Crippen molar-refractivity contribution in [2.45, 2.75) is 31.9 Å². The molecule has 112 valence electrons. The van der Waals surface area contributed by atoms with Gasteiger partial charge in [0.25, 0.3) is 0 Å². The van der Waals surface area contributed by atoms with Gasteiger partial charge in [-0.25, -0.2) is 0 Å². The maximum atomic E-state index is 12.6. The van der Waals surface area contributed by atoms with Crippen LogP contribution in [0.1, 0.15) is 36.8 Å². The highest BCUT2D eigenvalue weighted by Crippen LogP contribution is 2.32. The number of carboxylic acids is 1. The molecule has 0 spiro atoms. The summed E-state index contributed by atoms with van der Waals surface area (Å²) in [6, 6.07) is 5.13. The van der Waals surface area contributed by atoms with Crippen LogP contribution < -0.4 is 5.73 Å². The maximum Gasteiger partial charge on any atom is 0.416 e. The van der Waals surface area contributed by atoms with E-state index in [1.807, 2.05) is 0 Å². The van der Waals surface area contributed by atoms with Crippen LogP contribution in [0.5, 0.6) is 0 Å². The van der Waals surface area contributed by atoms with E-state index in [9.17, 15) is 18.0 Å². The number of nitrogens with two attached hydrogens (primary N) is 1. The molecule has 0 fully saturated rings. The smallest absolute Gasteiger partial charge is 0.416 e. The first-order chi connectivity index (χ1) is 9.25. The summed E-state index contributed by atoms with van der Waals surface area (Å²) >= 11 is 0. The van der Waals surface area contributed by atoms with Crippen molar-refractivity contribution in [3.05, 3.63) is 35.4 Å². The number of carboxylic acid groups (broad SMARTS) is 1. The third kappa shape index (κ3) is 4.52. The largest absolute Gasteiger partial charge is 0.481 e. The van der Waals surface area contributed by atoms with Gasteiger partial charge >= 0.3 is 12.1 Å². The zero-order chi connectivity index (χ0) is 15.3. The van der Waals surface area contributed by atoms with Crippen LogP contribution >= 0.6 is 0 Å². The van der Waals surface area contributed by atoms with E-state index in [0.717, 1.165) is 12.1 Å². The van der Waals surface area contributed by atoms with Gasteiger partial charge in [0, 0.05) is 6.54 Å². The molecule has 0 saturated carbocycles. The molecule has 6 heteroatoms. The molecule has 0 bridgehead atoms. The Labute approximate surface area is 115 Å². The van der Waals surface area contributed by atoms with Gasteiger partial charge in [-0.3, -0.25) is 4.79 Å². The fourth-order valence-corrected chi connectivity index (χ4v) is 1.98.